The van der Waals surface area contributed by atoms with Crippen LogP contribution >= 0.6 is 11.6 Å². The number of hydrogen-bond acceptors (Lipinski definition) is 3. The molecule has 0 aliphatic rings. The first kappa shape index (κ1) is 14.5. The zero-order chi connectivity index (χ0) is 14.5. The van der Waals surface area contributed by atoms with E-state index in [0.717, 1.165) is 0 Å². The molecule has 1 aromatic carbocycles. The van der Waals surface area contributed by atoms with E-state index in [9.17, 15) is 4.79 Å². The lowest BCUT2D eigenvalue weighted by atomic mass is 10.0. The highest BCUT2D eigenvalue weighted by atomic mass is 35.5. The molecule has 106 valence electrons. The Labute approximate surface area is 122 Å². The van der Waals surface area contributed by atoms with E-state index in [-0.39, 0.29) is 17.9 Å². The summed E-state index contributed by atoms with van der Waals surface area (Å²) in [5.41, 5.74) is 0.552. The van der Waals surface area contributed by atoms with Crippen LogP contribution in [0.3, 0.4) is 0 Å². The molecule has 0 aliphatic heterocycles. The maximum Gasteiger partial charge on any atom is 0.251 e. The van der Waals surface area contributed by atoms with Gasteiger partial charge in [-0.25, -0.2) is 0 Å². The third-order valence-electron chi connectivity index (χ3n) is 3.03. The normalized spacial score (nSPS) is 12.4. The first-order valence-electron chi connectivity index (χ1n) is 6.47. The van der Waals surface area contributed by atoms with Gasteiger partial charge in [-0.3, -0.25) is 4.79 Å². The average Bonchev–Trinajstić information content (AvgIpc) is 2.90. The molecule has 1 unspecified atom stereocenters. The zero-order valence-electron chi connectivity index (χ0n) is 11.5. The van der Waals surface area contributed by atoms with Crippen LogP contribution in [-0.4, -0.2) is 26.9 Å². The van der Waals surface area contributed by atoms with Crippen LogP contribution in [0.2, 0.25) is 5.02 Å². The summed E-state index contributed by atoms with van der Waals surface area (Å²) in [6.07, 6.45) is 3.24. The number of nitrogens with zero attached hydrogens (tertiary/aromatic N) is 3. The number of carbonyl (C=O) groups is 1. The molecule has 1 atom stereocenters. The van der Waals surface area contributed by atoms with Crippen molar-refractivity contribution in [2.45, 2.75) is 26.4 Å². The Bertz CT molecular complexity index is 568. The van der Waals surface area contributed by atoms with Gasteiger partial charge in [0.2, 0.25) is 0 Å². The maximum absolute atomic E-state index is 12.2. The van der Waals surface area contributed by atoms with E-state index in [2.05, 4.69) is 15.5 Å². The lowest BCUT2D eigenvalue weighted by Gasteiger charge is -2.21. The van der Waals surface area contributed by atoms with Gasteiger partial charge in [0.25, 0.3) is 5.91 Å². The molecule has 1 heterocycles. The summed E-state index contributed by atoms with van der Waals surface area (Å²) in [5, 5.41) is 11.7. The fraction of sp³-hybridized carbons (Fsp3) is 0.357. The molecule has 1 N–H and O–H groups in total. The van der Waals surface area contributed by atoms with Crippen LogP contribution in [-0.2, 0) is 6.54 Å². The van der Waals surface area contributed by atoms with E-state index in [1.165, 1.54) is 0 Å². The average molecular weight is 293 g/mol. The first-order chi connectivity index (χ1) is 9.56. The summed E-state index contributed by atoms with van der Waals surface area (Å²) in [5.74, 6) is 0.127. The van der Waals surface area contributed by atoms with Crippen molar-refractivity contribution < 1.29 is 4.79 Å². The van der Waals surface area contributed by atoms with Gasteiger partial charge in [-0.1, -0.05) is 31.5 Å². The Kier molecular flexibility index (Phi) is 4.74. The SMILES string of the molecule is CC(C)C(Cn1nccn1)NC(=O)c1cccc(Cl)c1. The van der Waals surface area contributed by atoms with Crippen molar-refractivity contribution in [3.63, 3.8) is 0 Å². The second kappa shape index (κ2) is 6.52. The third kappa shape index (κ3) is 3.81. The van der Waals surface area contributed by atoms with E-state index in [1.54, 1.807) is 41.5 Å². The van der Waals surface area contributed by atoms with Crippen LogP contribution in [0.5, 0.6) is 0 Å². The number of nitrogens with one attached hydrogen (secondary N) is 1. The Hall–Kier alpha value is -1.88. The van der Waals surface area contributed by atoms with Gasteiger partial charge in [0.15, 0.2) is 0 Å². The van der Waals surface area contributed by atoms with Crippen molar-refractivity contribution in [1.29, 1.82) is 0 Å². The molecule has 0 saturated heterocycles. The summed E-state index contributed by atoms with van der Waals surface area (Å²) >= 11 is 5.90. The molecule has 6 heteroatoms. The summed E-state index contributed by atoms with van der Waals surface area (Å²) in [4.78, 5) is 13.8. The van der Waals surface area contributed by atoms with Crippen LogP contribution in [0.25, 0.3) is 0 Å². The fourth-order valence-electron chi connectivity index (χ4n) is 1.82. The molecule has 0 spiro atoms. The van der Waals surface area contributed by atoms with Crippen molar-refractivity contribution in [1.82, 2.24) is 20.3 Å². The van der Waals surface area contributed by atoms with Gasteiger partial charge >= 0.3 is 0 Å². The lowest BCUT2D eigenvalue weighted by molar-refractivity contribution is 0.0918. The first-order valence-corrected chi connectivity index (χ1v) is 6.84. The van der Waals surface area contributed by atoms with E-state index >= 15 is 0 Å². The van der Waals surface area contributed by atoms with Gasteiger partial charge < -0.3 is 5.32 Å². The zero-order valence-corrected chi connectivity index (χ0v) is 12.2. The second-order valence-electron chi connectivity index (χ2n) is 4.92. The van der Waals surface area contributed by atoms with E-state index in [0.29, 0.717) is 17.1 Å². The van der Waals surface area contributed by atoms with E-state index in [4.69, 9.17) is 11.6 Å². The smallest absolute Gasteiger partial charge is 0.251 e. The Morgan fingerprint density at radius 2 is 2.05 bits per heavy atom. The number of carbonyl (C=O) groups excluding carboxylic acids is 1. The van der Waals surface area contributed by atoms with Crippen LogP contribution in [0.1, 0.15) is 24.2 Å². The molecule has 0 bridgehead atoms. The minimum absolute atomic E-state index is 0.0473. The van der Waals surface area contributed by atoms with Crippen molar-refractivity contribution in [3.05, 3.63) is 47.2 Å². The van der Waals surface area contributed by atoms with E-state index < -0.39 is 0 Å². The summed E-state index contributed by atoms with van der Waals surface area (Å²) in [6.45, 7) is 4.63. The minimum atomic E-state index is -0.140. The van der Waals surface area contributed by atoms with E-state index in [1.807, 2.05) is 13.8 Å². The predicted octanol–water partition coefficient (Wildman–Crippen LogP) is 2.39. The molecule has 0 saturated carbocycles. The van der Waals surface area contributed by atoms with Crippen molar-refractivity contribution in [2.75, 3.05) is 0 Å². The van der Waals surface area contributed by atoms with Gasteiger partial charge in [-0.2, -0.15) is 15.0 Å². The monoisotopic (exact) mass is 292 g/mol. The largest absolute Gasteiger partial charge is 0.347 e. The Morgan fingerprint density at radius 3 is 2.65 bits per heavy atom. The Morgan fingerprint density at radius 1 is 1.35 bits per heavy atom. The van der Waals surface area contributed by atoms with Crippen LogP contribution < -0.4 is 5.32 Å². The Balaban J connectivity index is 2.06. The molecule has 1 amide bonds. The number of hydrogen-bond donors (Lipinski definition) is 1. The molecule has 5 nitrogen and oxygen atoms in total. The topological polar surface area (TPSA) is 59.8 Å². The van der Waals surface area contributed by atoms with Gasteiger partial charge in [-0.05, 0) is 24.1 Å². The molecule has 1 aromatic heterocycles. The number of amides is 1. The molecule has 0 radical (unpaired) electrons. The lowest BCUT2D eigenvalue weighted by Crippen LogP contribution is -2.42. The summed E-state index contributed by atoms with van der Waals surface area (Å²) < 4.78 is 0. The standard InChI is InChI=1S/C14H17ClN4O/c1-10(2)13(9-19-16-6-7-17-19)18-14(20)11-4-3-5-12(15)8-11/h3-8,10,13H,9H2,1-2H3,(H,18,20). The molecular weight excluding hydrogens is 276 g/mol. The predicted molar refractivity (Wildman–Crippen MR) is 77.6 cm³/mol. The molecule has 2 rings (SSSR count). The van der Waals surface area contributed by atoms with Crippen LogP contribution in [0.4, 0.5) is 0 Å². The second-order valence-corrected chi connectivity index (χ2v) is 5.35. The van der Waals surface area contributed by atoms with Gasteiger partial charge in [0, 0.05) is 10.6 Å². The van der Waals surface area contributed by atoms with Gasteiger partial charge in [0.05, 0.1) is 25.0 Å². The van der Waals surface area contributed by atoms with Crippen molar-refractivity contribution in [2.24, 2.45) is 5.92 Å². The third-order valence-corrected chi connectivity index (χ3v) is 3.27. The molecule has 2 aromatic rings. The van der Waals surface area contributed by atoms with Crippen LogP contribution in [0, 0.1) is 5.92 Å². The summed E-state index contributed by atoms with van der Waals surface area (Å²) in [6, 6.07) is 6.85. The van der Waals surface area contributed by atoms with Crippen molar-refractivity contribution >= 4 is 17.5 Å². The highest BCUT2D eigenvalue weighted by Crippen LogP contribution is 2.12. The highest BCUT2D eigenvalue weighted by molar-refractivity contribution is 6.30. The minimum Gasteiger partial charge on any atom is -0.347 e. The highest BCUT2D eigenvalue weighted by Gasteiger charge is 2.18. The molecular formula is C14H17ClN4O. The fourth-order valence-corrected chi connectivity index (χ4v) is 2.01. The summed E-state index contributed by atoms with van der Waals surface area (Å²) in [7, 11) is 0. The molecule has 0 aliphatic carbocycles. The quantitative estimate of drug-likeness (QED) is 0.920. The number of aromatic nitrogens is 3. The van der Waals surface area contributed by atoms with Gasteiger partial charge in [0.1, 0.15) is 0 Å². The van der Waals surface area contributed by atoms with Crippen LogP contribution in [0.15, 0.2) is 36.7 Å². The molecule has 20 heavy (non-hydrogen) atoms. The molecule has 0 fully saturated rings. The number of rotatable bonds is 5. The maximum atomic E-state index is 12.2. The van der Waals surface area contributed by atoms with Crippen molar-refractivity contribution in [3.8, 4) is 0 Å². The number of halogens is 1. The van der Waals surface area contributed by atoms with Gasteiger partial charge in [-0.15, -0.1) is 0 Å². The number of benzene rings is 1.